The van der Waals surface area contributed by atoms with Gasteiger partial charge in [-0.2, -0.15) is 0 Å². The Balaban J connectivity index is 1.51. The highest BCUT2D eigenvalue weighted by Crippen LogP contribution is 2.23. The van der Waals surface area contributed by atoms with Crippen molar-refractivity contribution in [2.45, 2.75) is 38.3 Å². The van der Waals surface area contributed by atoms with Gasteiger partial charge in [-0.1, -0.05) is 12.5 Å². The minimum absolute atomic E-state index is 0.0724. The molecular formula is C16H22N2O. The van der Waals surface area contributed by atoms with E-state index >= 15 is 0 Å². The second-order valence-electron chi connectivity index (χ2n) is 5.72. The predicted octanol–water partition coefficient (Wildman–Crippen LogP) is 2.81. The lowest BCUT2D eigenvalue weighted by atomic mass is 9.87. The van der Waals surface area contributed by atoms with Crippen LogP contribution >= 0.6 is 0 Å². The van der Waals surface area contributed by atoms with E-state index in [0.717, 1.165) is 25.9 Å². The summed E-state index contributed by atoms with van der Waals surface area (Å²) in [5, 5.41) is 14.5. The molecule has 3 rings (SSSR count). The molecular weight excluding hydrogens is 236 g/mol. The number of aliphatic hydroxyl groups is 1. The highest BCUT2D eigenvalue weighted by Gasteiger charge is 2.19. The third kappa shape index (κ3) is 3.17. The molecule has 1 heterocycles. The molecule has 0 spiro atoms. The van der Waals surface area contributed by atoms with Crippen LogP contribution in [0.4, 0.5) is 0 Å². The fourth-order valence-corrected chi connectivity index (χ4v) is 3.08. The van der Waals surface area contributed by atoms with Crippen molar-refractivity contribution < 1.29 is 5.11 Å². The van der Waals surface area contributed by atoms with Gasteiger partial charge in [0.1, 0.15) is 0 Å². The van der Waals surface area contributed by atoms with Gasteiger partial charge in [0.05, 0.1) is 6.10 Å². The van der Waals surface area contributed by atoms with Crippen LogP contribution in [0, 0.1) is 5.92 Å². The standard InChI is InChI=1S/C16H22N2O/c19-15-3-1-2-12(9-15)10-17-11-13-4-5-16-14(8-13)6-7-18-16/h4-8,12,15,17-19H,1-3,9-11H2. The molecule has 102 valence electrons. The maximum Gasteiger partial charge on any atom is 0.0543 e. The summed E-state index contributed by atoms with van der Waals surface area (Å²) in [6.07, 6.45) is 6.27. The number of nitrogens with one attached hydrogen (secondary N) is 2. The maximum atomic E-state index is 9.66. The van der Waals surface area contributed by atoms with E-state index in [0.29, 0.717) is 5.92 Å². The van der Waals surface area contributed by atoms with E-state index in [1.165, 1.54) is 29.3 Å². The number of aromatic nitrogens is 1. The van der Waals surface area contributed by atoms with Gasteiger partial charge >= 0.3 is 0 Å². The first-order valence-corrected chi connectivity index (χ1v) is 7.26. The average Bonchev–Trinajstić information content (AvgIpc) is 2.86. The zero-order valence-corrected chi connectivity index (χ0v) is 11.2. The molecule has 1 fully saturated rings. The zero-order valence-electron chi connectivity index (χ0n) is 11.2. The lowest BCUT2D eigenvalue weighted by Gasteiger charge is -2.26. The molecule has 2 unspecified atom stereocenters. The molecule has 1 aromatic heterocycles. The fraction of sp³-hybridized carbons (Fsp3) is 0.500. The fourth-order valence-electron chi connectivity index (χ4n) is 3.08. The molecule has 0 saturated heterocycles. The molecule has 19 heavy (non-hydrogen) atoms. The van der Waals surface area contributed by atoms with Crippen molar-refractivity contribution in [2.24, 2.45) is 5.92 Å². The summed E-state index contributed by atoms with van der Waals surface area (Å²) in [6.45, 7) is 1.93. The summed E-state index contributed by atoms with van der Waals surface area (Å²) in [5.74, 6) is 0.639. The van der Waals surface area contributed by atoms with Crippen molar-refractivity contribution in [3.05, 3.63) is 36.0 Å². The third-order valence-electron chi connectivity index (χ3n) is 4.13. The Morgan fingerprint density at radius 2 is 2.21 bits per heavy atom. The maximum absolute atomic E-state index is 9.66. The quantitative estimate of drug-likeness (QED) is 0.789. The van der Waals surface area contributed by atoms with Crippen molar-refractivity contribution in [3.8, 4) is 0 Å². The Hall–Kier alpha value is -1.32. The van der Waals surface area contributed by atoms with Gasteiger partial charge in [-0.25, -0.2) is 0 Å². The summed E-state index contributed by atoms with van der Waals surface area (Å²) in [6, 6.07) is 8.64. The van der Waals surface area contributed by atoms with E-state index in [9.17, 15) is 5.11 Å². The summed E-state index contributed by atoms with van der Waals surface area (Å²) in [5.41, 5.74) is 2.52. The largest absolute Gasteiger partial charge is 0.393 e. The molecule has 3 nitrogen and oxygen atoms in total. The first-order valence-electron chi connectivity index (χ1n) is 7.26. The lowest BCUT2D eigenvalue weighted by Crippen LogP contribution is -2.28. The summed E-state index contributed by atoms with van der Waals surface area (Å²) in [4.78, 5) is 3.21. The van der Waals surface area contributed by atoms with Crippen LogP contribution in [0.15, 0.2) is 30.5 Å². The van der Waals surface area contributed by atoms with Crippen LogP contribution in [-0.4, -0.2) is 22.7 Å². The van der Waals surface area contributed by atoms with E-state index < -0.39 is 0 Å². The molecule has 1 aromatic carbocycles. The van der Waals surface area contributed by atoms with Crippen molar-refractivity contribution >= 4 is 10.9 Å². The molecule has 2 aromatic rings. The normalized spacial score (nSPS) is 23.8. The van der Waals surface area contributed by atoms with E-state index in [-0.39, 0.29) is 6.10 Å². The van der Waals surface area contributed by atoms with E-state index in [1.54, 1.807) is 0 Å². The van der Waals surface area contributed by atoms with Crippen molar-refractivity contribution in [1.29, 1.82) is 0 Å². The van der Waals surface area contributed by atoms with Gasteiger partial charge in [-0.3, -0.25) is 0 Å². The zero-order chi connectivity index (χ0) is 13.1. The topological polar surface area (TPSA) is 48.0 Å². The Kier molecular flexibility index (Phi) is 3.85. The molecule has 0 radical (unpaired) electrons. The number of aromatic amines is 1. The predicted molar refractivity (Wildman–Crippen MR) is 78.0 cm³/mol. The molecule has 3 heteroatoms. The highest BCUT2D eigenvalue weighted by molar-refractivity contribution is 5.79. The first kappa shape index (κ1) is 12.7. The van der Waals surface area contributed by atoms with E-state index in [4.69, 9.17) is 0 Å². The summed E-state index contributed by atoms with van der Waals surface area (Å²) < 4.78 is 0. The average molecular weight is 258 g/mol. The Morgan fingerprint density at radius 3 is 3.11 bits per heavy atom. The lowest BCUT2D eigenvalue weighted by molar-refractivity contribution is 0.101. The molecule has 0 aliphatic heterocycles. The molecule has 3 N–H and O–H groups in total. The molecule has 1 aliphatic rings. The van der Waals surface area contributed by atoms with Gasteiger partial charge in [0.2, 0.25) is 0 Å². The number of hydrogen-bond donors (Lipinski definition) is 3. The van der Waals surface area contributed by atoms with Crippen LogP contribution in [0.25, 0.3) is 10.9 Å². The van der Waals surface area contributed by atoms with Gasteiger partial charge in [-0.05, 0) is 60.9 Å². The van der Waals surface area contributed by atoms with Gasteiger partial charge in [0.25, 0.3) is 0 Å². The van der Waals surface area contributed by atoms with Gasteiger partial charge in [-0.15, -0.1) is 0 Å². The van der Waals surface area contributed by atoms with Crippen molar-refractivity contribution in [3.63, 3.8) is 0 Å². The number of hydrogen-bond acceptors (Lipinski definition) is 2. The van der Waals surface area contributed by atoms with E-state index in [1.807, 2.05) is 6.20 Å². The summed E-state index contributed by atoms with van der Waals surface area (Å²) >= 11 is 0. The van der Waals surface area contributed by atoms with Crippen molar-refractivity contribution in [1.82, 2.24) is 10.3 Å². The number of fused-ring (bicyclic) bond motifs is 1. The van der Waals surface area contributed by atoms with Crippen LogP contribution in [0.1, 0.15) is 31.2 Å². The molecule has 1 aliphatic carbocycles. The van der Waals surface area contributed by atoms with Crippen LogP contribution in [0.2, 0.25) is 0 Å². The number of aliphatic hydroxyl groups excluding tert-OH is 1. The Morgan fingerprint density at radius 1 is 1.26 bits per heavy atom. The number of benzene rings is 1. The van der Waals surface area contributed by atoms with Crippen LogP contribution in [0.3, 0.4) is 0 Å². The smallest absolute Gasteiger partial charge is 0.0543 e. The van der Waals surface area contributed by atoms with Gasteiger partial charge in [0, 0.05) is 18.3 Å². The third-order valence-corrected chi connectivity index (χ3v) is 4.13. The SMILES string of the molecule is OC1CCCC(CNCc2ccc3[nH]ccc3c2)C1. The summed E-state index contributed by atoms with van der Waals surface area (Å²) in [7, 11) is 0. The second-order valence-corrected chi connectivity index (χ2v) is 5.72. The van der Waals surface area contributed by atoms with E-state index in [2.05, 4.69) is 34.6 Å². The van der Waals surface area contributed by atoms with Crippen LogP contribution < -0.4 is 5.32 Å². The Labute approximate surface area is 114 Å². The Bertz CT molecular complexity index is 534. The monoisotopic (exact) mass is 258 g/mol. The minimum Gasteiger partial charge on any atom is -0.393 e. The molecule has 0 bridgehead atoms. The van der Waals surface area contributed by atoms with Crippen LogP contribution in [-0.2, 0) is 6.54 Å². The molecule has 0 amide bonds. The van der Waals surface area contributed by atoms with Crippen molar-refractivity contribution in [2.75, 3.05) is 6.54 Å². The highest BCUT2D eigenvalue weighted by atomic mass is 16.3. The van der Waals surface area contributed by atoms with Gasteiger partial charge in [0.15, 0.2) is 0 Å². The van der Waals surface area contributed by atoms with Gasteiger partial charge < -0.3 is 15.4 Å². The molecule has 2 atom stereocenters. The van der Waals surface area contributed by atoms with Crippen LogP contribution in [0.5, 0.6) is 0 Å². The number of rotatable bonds is 4. The second kappa shape index (κ2) is 5.76. The minimum atomic E-state index is -0.0724. The molecule has 1 saturated carbocycles. The number of H-pyrrole nitrogens is 1. The first-order chi connectivity index (χ1) is 9.31.